The van der Waals surface area contributed by atoms with Crippen LogP contribution in [0.1, 0.15) is 45.2 Å². The van der Waals surface area contributed by atoms with E-state index in [2.05, 4.69) is 5.32 Å². The van der Waals surface area contributed by atoms with Gasteiger partial charge in [-0.05, 0) is 24.8 Å². The molecule has 1 fully saturated rings. The highest BCUT2D eigenvalue weighted by Gasteiger charge is 2.58. The maximum Gasteiger partial charge on any atom is 0.310 e. The van der Waals surface area contributed by atoms with Gasteiger partial charge in [-0.1, -0.05) is 62.8 Å². The molecule has 1 aromatic carbocycles. The molecule has 7 heteroatoms. The summed E-state index contributed by atoms with van der Waals surface area (Å²) in [5, 5.41) is 13.2. The molecule has 1 saturated heterocycles. The van der Waals surface area contributed by atoms with Crippen LogP contribution in [0.5, 0.6) is 0 Å². The normalized spacial score (nSPS) is 27.7. The molecule has 1 heterocycles. The molecule has 0 saturated carbocycles. The monoisotopic (exact) mass is 442 g/mol. The molecule has 0 aromatic heterocycles. The van der Waals surface area contributed by atoms with Crippen molar-refractivity contribution in [1.29, 1.82) is 0 Å². The molecule has 6 atom stereocenters. The van der Waals surface area contributed by atoms with E-state index in [9.17, 15) is 19.5 Å². The fraction of sp³-hybridized carbons (Fsp3) is 0.560. The summed E-state index contributed by atoms with van der Waals surface area (Å²) < 4.78 is 5.30. The lowest BCUT2D eigenvalue weighted by atomic mass is 9.70. The third kappa shape index (κ3) is 4.58. The molecular weight excluding hydrogens is 408 g/mol. The summed E-state index contributed by atoms with van der Waals surface area (Å²) in [7, 11) is 0. The Kier molecular flexibility index (Phi) is 8.07. The van der Waals surface area contributed by atoms with Crippen molar-refractivity contribution in [3.8, 4) is 0 Å². The SMILES string of the molecule is CCCCNC(=O)[C@@H]1[C@H]2C=C[C@@H](C)[C@@H](C(=O)OCC)[C@H]2C(=O)N1[C@H](CO)c1ccccc1. The Labute approximate surface area is 189 Å². The van der Waals surface area contributed by atoms with Crippen molar-refractivity contribution in [2.45, 2.75) is 45.7 Å². The lowest BCUT2D eigenvalue weighted by Crippen LogP contribution is -2.49. The van der Waals surface area contributed by atoms with Gasteiger partial charge in [-0.25, -0.2) is 0 Å². The molecule has 2 aliphatic rings. The van der Waals surface area contributed by atoms with Crippen molar-refractivity contribution in [3.05, 3.63) is 48.0 Å². The Morgan fingerprint density at radius 3 is 2.53 bits per heavy atom. The standard InChI is InChI=1S/C25H34N2O5/c1-4-6-14-26-23(29)22-18-13-12-16(3)20(25(31)32-5-2)21(18)24(30)27(22)19(15-28)17-10-8-7-9-11-17/h7-13,16,18-22,28H,4-6,14-15H2,1-3H3,(H,26,29)/t16-,18+,19-,20-,21+,22+/m1/s1. The van der Waals surface area contributed by atoms with E-state index in [0.717, 1.165) is 18.4 Å². The van der Waals surface area contributed by atoms with Crippen molar-refractivity contribution in [3.63, 3.8) is 0 Å². The topological polar surface area (TPSA) is 95.9 Å². The smallest absolute Gasteiger partial charge is 0.310 e. The highest BCUT2D eigenvalue weighted by Crippen LogP contribution is 2.47. The fourth-order valence-corrected chi connectivity index (χ4v) is 4.99. The molecule has 1 aromatic rings. The van der Waals surface area contributed by atoms with Gasteiger partial charge in [0.2, 0.25) is 11.8 Å². The minimum atomic E-state index is -0.803. The van der Waals surface area contributed by atoms with E-state index < -0.39 is 35.8 Å². The number of carbonyl (C=O) groups excluding carboxylic acids is 3. The number of nitrogens with one attached hydrogen (secondary N) is 1. The first-order valence-corrected chi connectivity index (χ1v) is 11.6. The van der Waals surface area contributed by atoms with Gasteiger partial charge in [0.05, 0.1) is 31.1 Å². The number of aliphatic hydroxyl groups is 1. The second-order valence-corrected chi connectivity index (χ2v) is 8.57. The van der Waals surface area contributed by atoms with E-state index in [1.165, 1.54) is 4.90 Å². The van der Waals surface area contributed by atoms with Crippen molar-refractivity contribution >= 4 is 17.8 Å². The molecule has 3 rings (SSSR count). The number of aliphatic hydroxyl groups excluding tert-OH is 1. The second kappa shape index (κ2) is 10.8. The first-order valence-electron chi connectivity index (χ1n) is 11.6. The first kappa shape index (κ1) is 24.0. The number of unbranched alkanes of at least 4 members (excludes halogenated alkanes) is 1. The average Bonchev–Trinajstić information content (AvgIpc) is 3.07. The zero-order valence-corrected chi connectivity index (χ0v) is 19.1. The van der Waals surface area contributed by atoms with Gasteiger partial charge in [-0.2, -0.15) is 0 Å². The highest BCUT2D eigenvalue weighted by molar-refractivity contribution is 5.96. The van der Waals surface area contributed by atoms with Crippen LogP contribution in [0, 0.1) is 23.7 Å². The van der Waals surface area contributed by atoms with Crippen LogP contribution in [0.4, 0.5) is 0 Å². The predicted octanol–water partition coefficient (Wildman–Crippen LogP) is 2.46. The Morgan fingerprint density at radius 2 is 1.91 bits per heavy atom. The van der Waals surface area contributed by atoms with Crippen molar-refractivity contribution < 1.29 is 24.2 Å². The Morgan fingerprint density at radius 1 is 1.19 bits per heavy atom. The van der Waals surface area contributed by atoms with Crippen LogP contribution in [0.25, 0.3) is 0 Å². The van der Waals surface area contributed by atoms with Crippen molar-refractivity contribution in [2.75, 3.05) is 19.8 Å². The van der Waals surface area contributed by atoms with Gasteiger partial charge in [0.15, 0.2) is 0 Å². The molecule has 7 nitrogen and oxygen atoms in total. The minimum Gasteiger partial charge on any atom is -0.466 e. The van der Waals surface area contributed by atoms with Crippen LogP contribution in [0.2, 0.25) is 0 Å². The van der Waals surface area contributed by atoms with Crippen LogP contribution in [0.15, 0.2) is 42.5 Å². The van der Waals surface area contributed by atoms with Gasteiger partial charge in [-0.3, -0.25) is 14.4 Å². The lowest BCUT2D eigenvalue weighted by molar-refractivity contribution is -0.155. The number of amides is 2. The number of ether oxygens (including phenoxy) is 1. The Bertz CT molecular complexity index is 840. The van der Waals surface area contributed by atoms with Gasteiger partial charge >= 0.3 is 5.97 Å². The Hall–Kier alpha value is -2.67. The zero-order valence-electron chi connectivity index (χ0n) is 19.1. The van der Waals surface area contributed by atoms with Gasteiger partial charge in [0.1, 0.15) is 6.04 Å². The fourth-order valence-electron chi connectivity index (χ4n) is 4.99. The van der Waals surface area contributed by atoms with Crippen LogP contribution in [0.3, 0.4) is 0 Å². The van der Waals surface area contributed by atoms with E-state index in [1.54, 1.807) is 6.92 Å². The maximum atomic E-state index is 13.8. The number of benzene rings is 1. The Balaban J connectivity index is 2.03. The average molecular weight is 443 g/mol. The van der Waals surface area contributed by atoms with E-state index in [0.29, 0.717) is 6.54 Å². The van der Waals surface area contributed by atoms with E-state index in [1.807, 2.05) is 56.3 Å². The number of hydrogen-bond donors (Lipinski definition) is 2. The summed E-state index contributed by atoms with van der Waals surface area (Å²) in [4.78, 5) is 41.5. The number of allylic oxidation sites excluding steroid dienone is 1. The van der Waals surface area contributed by atoms with Gasteiger partial charge < -0.3 is 20.1 Å². The number of carbonyl (C=O) groups is 3. The van der Waals surface area contributed by atoms with E-state index >= 15 is 0 Å². The first-order chi connectivity index (χ1) is 15.5. The summed E-state index contributed by atoms with van der Waals surface area (Å²) in [6.45, 7) is 6.09. The summed E-state index contributed by atoms with van der Waals surface area (Å²) >= 11 is 0. The predicted molar refractivity (Wildman–Crippen MR) is 120 cm³/mol. The number of hydrogen-bond acceptors (Lipinski definition) is 5. The summed E-state index contributed by atoms with van der Waals surface area (Å²) in [6, 6.07) is 7.73. The third-order valence-electron chi connectivity index (χ3n) is 6.56. The number of nitrogens with zero attached hydrogens (tertiary/aromatic N) is 1. The van der Waals surface area contributed by atoms with Crippen LogP contribution in [-0.2, 0) is 19.1 Å². The van der Waals surface area contributed by atoms with Gasteiger partial charge in [0, 0.05) is 12.5 Å². The molecule has 0 radical (unpaired) electrons. The van der Waals surface area contributed by atoms with Crippen molar-refractivity contribution in [1.82, 2.24) is 10.2 Å². The molecule has 1 aliphatic carbocycles. The summed E-state index contributed by atoms with van der Waals surface area (Å²) in [5.41, 5.74) is 0.748. The molecular formula is C25H34N2O5. The zero-order chi connectivity index (χ0) is 23.3. The second-order valence-electron chi connectivity index (χ2n) is 8.57. The molecule has 0 bridgehead atoms. The summed E-state index contributed by atoms with van der Waals surface area (Å²) in [5.74, 6) is -2.98. The highest BCUT2D eigenvalue weighted by atomic mass is 16.5. The lowest BCUT2D eigenvalue weighted by Gasteiger charge is -2.33. The van der Waals surface area contributed by atoms with Crippen LogP contribution in [-0.4, -0.2) is 53.6 Å². The number of esters is 1. The largest absolute Gasteiger partial charge is 0.466 e. The molecule has 0 unspecified atom stereocenters. The van der Waals surface area contributed by atoms with Crippen molar-refractivity contribution in [2.24, 2.45) is 23.7 Å². The maximum absolute atomic E-state index is 13.8. The number of likely N-dealkylation sites (tertiary alicyclic amines) is 1. The quantitative estimate of drug-likeness (QED) is 0.348. The minimum absolute atomic E-state index is 0.188. The summed E-state index contributed by atoms with van der Waals surface area (Å²) in [6.07, 6.45) is 5.57. The van der Waals surface area contributed by atoms with Gasteiger partial charge in [-0.15, -0.1) is 0 Å². The molecule has 174 valence electrons. The molecule has 32 heavy (non-hydrogen) atoms. The van der Waals surface area contributed by atoms with E-state index in [4.69, 9.17) is 4.74 Å². The van der Waals surface area contributed by atoms with Gasteiger partial charge in [0.25, 0.3) is 0 Å². The molecule has 2 amide bonds. The number of fused-ring (bicyclic) bond motifs is 1. The molecule has 2 N–H and O–H groups in total. The molecule has 1 aliphatic heterocycles. The van der Waals surface area contributed by atoms with Crippen LogP contribution >= 0.6 is 0 Å². The third-order valence-corrected chi connectivity index (χ3v) is 6.56. The molecule has 0 spiro atoms. The van der Waals surface area contributed by atoms with E-state index in [-0.39, 0.29) is 30.9 Å². The number of rotatable bonds is 9. The van der Waals surface area contributed by atoms with Crippen LogP contribution < -0.4 is 5.32 Å².